The van der Waals surface area contributed by atoms with E-state index in [9.17, 15) is 4.79 Å². The number of fused-ring (bicyclic) bond motifs is 1. The SMILES string of the molecule is C[C@H]1CN(CCNc2nc3ccccc3c(=O)[nH]2)C[C@H](C)O1. The molecule has 6 heteroatoms. The average Bonchev–Trinajstić information content (AvgIpc) is 2.46. The van der Waals surface area contributed by atoms with Crippen molar-refractivity contribution >= 4 is 16.9 Å². The second-order valence-electron chi connectivity index (χ2n) is 5.88. The number of hydrogen-bond donors (Lipinski definition) is 2. The van der Waals surface area contributed by atoms with Gasteiger partial charge in [0.05, 0.1) is 23.1 Å². The summed E-state index contributed by atoms with van der Waals surface area (Å²) in [6.45, 7) is 7.70. The van der Waals surface area contributed by atoms with E-state index in [0.717, 1.165) is 26.2 Å². The van der Waals surface area contributed by atoms with Crippen molar-refractivity contribution in [1.82, 2.24) is 14.9 Å². The number of H-pyrrole nitrogens is 1. The van der Waals surface area contributed by atoms with Crippen LogP contribution in [0.5, 0.6) is 0 Å². The highest BCUT2D eigenvalue weighted by Gasteiger charge is 2.21. The third-order valence-electron chi connectivity index (χ3n) is 3.83. The summed E-state index contributed by atoms with van der Waals surface area (Å²) in [5.74, 6) is 0.526. The van der Waals surface area contributed by atoms with Crippen LogP contribution in [-0.4, -0.2) is 53.3 Å². The van der Waals surface area contributed by atoms with Crippen LogP contribution >= 0.6 is 0 Å². The summed E-state index contributed by atoms with van der Waals surface area (Å²) in [4.78, 5) is 21.6. The van der Waals surface area contributed by atoms with Crippen LogP contribution in [0.1, 0.15) is 13.8 Å². The van der Waals surface area contributed by atoms with Crippen molar-refractivity contribution < 1.29 is 4.74 Å². The van der Waals surface area contributed by atoms with E-state index in [-0.39, 0.29) is 17.8 Å². The highest BCUT2D eigenvalue weighted by Crippen LogP contribution is 2.10. The van der Waals surface area contributed by atoms with E-state index >= 15 is 0 Å². The lowest BCUT2D eigenvalue weighted by molar-refractivity contribution is -0.0667. The van der Waals surface area contributed by atoms with Gasteiger partial charge in [0, 0.05) is 26.2 Å². The number of ether oxygens (including phenoxy) is 1. The number of hydrogen-bond acceptors (Lipinski definition) is 5. The minimum absolute atomic E-state index is 0.110. The number of rotatable bonds is 4. The number of nitrogens with zero attached hydrogens (tertiary/aromatic N) is 2. The van der Waals surface area contributed by atoms with Crippen LogP contribution in [0.3, 0.4) is 0 Å². The molecule has 1 aromatic carbocycles. The molecule has 1 aliphatic rings. The third-order valence-corrected chi connectivity index (χ3v) is 3.83. The molecule has 1 fully saturated rings. The number of aromatic amines is 1. The zero-order chi connectivity index (χ0) is 15.5. The molecule has 0 bridgehead atoms. The molecule has 3 rings (SSSR count). The molecule has 2 aromatic rings. The van der Waals surface area contributed by atoms with Crippen LogP contribution in [0, 0.1) is 0 Å². The third kappa shape index (κ3) is 3.45. The number of para-hydroxylation sites is 1. The van der Waals surface area contributed by atoms with Crippen LogP contribution in [0.4, 0.5) is 5.95 Å². The van der Waals surface area contributed by atoms with Crippen molar-refractivity contribution in [3.05, 3.63) is 34.6 Å². The van der Waals surface area contributed by atoms with Crippen LogP contribution in [0.2, 0.25) is 0 Å². The summed E-state index contributed by atoms with van der Waals surface area (Å²) in [6, 6.07) is 7.35. The Labute approximate surface area is 129 Å². The molecule has 2 heterocycles. The number of benzene rings is 1. The minimum atomic E-state index is -0.110. The molecule has 0 spiro atoms. The van der Waals surface area contributed by atoms with Gasteiger partial charge in [0.2, 0.25) is 5.95 Å². The molecule has 0 aliphatic carbocycles. The average molecular weight is 302 g/mol. The van der Waals surface area contributed by atoms with Crippen LogP contribution in [0.25, 0.3) is 10.9 Å². The Morgan fingerprint density at radius 3 is 2.82 bits per heavy atom. The van der Waals surface area contributed by atoms with Crippen molar-refractivity contribution in [2.75, 3.05) is 31.5 Å². The Balaban J connectivity index is 1.61. The Morgan fingerprint density at radius 1 is 1.32 bits per heavy atom. The fourth-order valence-electron chi connectivity index (χ4n) is 2.97. The van der Waals surface area contributed by atoms with E-state index in [0.29, 0.717) is 16.9 Å². The summed E-state index contributed by atoms with van der Waals surface area (Å²) < 4.78 is 5.72. The van der Waals surface area contributed by atoms with Crippen molar-refractivity contribution in [3.8, 4) is 0 Å². The van der Waals surface area contributed by atoms with E-state index < -0.39 is 0 Å². The maximum Gasteiger partial charge on any atom is 0.260 e. The van der Waals surface area contributed by atoms with Gasteiger partial charge in [-0.2, -0.15) is 0 Å². The van der Waals surface area contributed by atoms with E-state index in [4.69, 9.17) is 4.74 Å². The first-order valence-corrected chi connectivity index (χ1v) is 7.72. The smallest absolute Gasteiger partial charge is 0.260 e. The first-order valence-electron chi connectivity index (χ1n) is 7.72. The molecule has 1 saturated heterocycles. The molecule has 1 aliphatic heterocycles. The predicted octanol–water partition coefficient (Wildman–Crippen LogP) is 1.44. The number of nitrogens with one attached hydrogen (secondary N) is 2. The maximum atomic E-state index is 12.0. The van der Waals surface area contributed by atoms with Crippen molar-refractivity contribution in [2.24, 2.45) is 0 Å². The lowest BCUT2D eigenvalue weighted by Crippen LogP contribution is -2.46. The molecular weight excluding hydrogens is 280 g/mol. The molecule has 0 unspecified atom stereocenters. The topological polar surface area (TPSA) is 70.2 Å². The van der Waals surface area contributed by atoms with Crippen LogP contribution in [0.15, 0.2) is 29.1 Å². The van der Waals surface area contributed by atoms with Crippen LogP contribution < -0.4 is 10.9 Å². The van der Waals surface area contributed by atoms with Gasteiger partial charge in [-0.3, -0.25) is 14.7 Å². The van der Waals surface area contributed by atoms with Gasteiger partial charge in [-0.1, -0.05) is 12.1 Å². The van der Waals surface area contributed by atoms with E-state index in [1.165, 1.54) is 0 Å². The highest BCUT2D eigenvalue weighted by molar-refractivity contribution is 5.78. The number of anilines is 1. The van der Waals surface area contributed by atoms with Gasteiger partial charge in [0.25, 0.3) is 5.56 Å². The normalized spacial score (nSPS) is 22.8. The molecule has 22 heavy (non-hydrogen) atoms. The summed E-state index contributed by atoms with van der Waals surface area (Å²) in [7, 11) is 0. The lowest BCUT2D eigenvalue weighted by atomic mass is 10.2. The minimum Gasteiger partial charge on any atom is -0.373 e. The van der Waals surface area contributed by atoms with Gasteiger partial charge in [-0.15, -0.1) is 0 Å². The number of aromatic nitrogens is 2. The van der Waals surface area contributed by atoms with Gasteiger partial charge in [-0.25, -0.2) is 4.98 Å². The molecule has 118 valence electrons. The monoisotopic (exact) mass is 302 g/mol. The summed E-state index contributed by atoms with van der Waals surface area (Å²) >= 11 is 0. The first kappa shape index (κ1) is 15.0. The molecule has 6 nitrogen and oxygen atoms in total. The van der Waals surface area contributed by atoms with Crippen molar-refractivity contribution in [2.45, 2.75) is 26.1 Å². The Morgan fingerprint density at radius 2 is 2.05 bits per heavy atom. The van der Waals surface area contributed by atoms with Gasteiger partial charge in [0.1, 0.15) is 0 Å². The standard InChI is InChI=1S/C16H22N4O2/c1-11-9-20(10-12(2)22-11)8-7-17-16-18-14-6-4-3-5-13(14)15(21)19-16/h3-6,11-12H,7-10H2,1-2H3,(H2,17,18,19,21)/t11-,12-/m0/s1. The van der Waals surface area contributed by atoms with E-state index in [2.05, 4.69) is 34.0 Å². The molecule has 2 N–H and O–H groups in total. The molecule has 0 saturated carbocycles. The van der Waals surface area contributed by atoms with Gasteiger partial charge in [0.15, 0.2) is 0 Å². The number of morpholine rings is 1. The van der Waals surface area contributed by atoms with Crippen LogP contribution in [-0.2, 0) is 4.74 Å². The highest BCUT2D eigenvalue weighted by atomic mass is 16.5. The van der Waals surface area contributed by atoms with E-state index in [1.54, 1.807) is 6.07 Å². The maximum absolute atomic E-state index is 12.0. The molecule has 0 amide bonds. The second kappa shape index (κ2) is 6.46. The summed E-state index contributed by atoms with van der Waals surface area (Å²) in [5, 5.41) is 3.82. The zero-order valence-electron chi connectivity index (χ0n) is 13.0. The molecule has 1 aromatic heterocycles. The Hall–Kier alpha value is -1.92. The van der Waals surface area contributed by atoms with Gasteiger partial charge >= 0.3 is 0 Å². The Kier molecular flexibility index (Phi) is 4.40. The van der Waals surface area contributed by atoms with Crippen molar-refractivity contribution in [1.29, 1.82) is 0 Å². The molecule has 2 atom stereocenters. The van der Waals surface area contributed by atoms with Crippen molar-refractivity contribution in [3.63, 3.8) is 0 Å². The largest absolute Gasteiger partial charge is 0.373 e. The fraction of sp³-hybridized carbons (Fsp3) is 0.500. The summed E-state index contributed by atoms with van der Waals surface area (Å²) in [5.41, 5.74) is 0.601. The predicted molar refractivity (Wildman–Crippen MR) is 87.3 cm³/mol. The first-order chi connectivity index (χ1) is 10.6. The van der Waals surface area contributed by atoms with Gasteiger partial charge in [-0.05, 0) is 26.0 Å². The van der Waals surface area contributed by atoms with E-state index in [1.807, 2.05) is 18.2 Å². The zero-order valence-corrected chi connectivity index (χ0v) is 13.0. The lowest BCUT2D eigenvalue weighted by Gasteiger charge is -2.35. The quantitative estimate of drug-likeness (QED) is 0.894. The molecule has 0 radical (unpaired) electrons. The Bertz CT molecular complexity index is 690. The summed E-state index contributed by atoms with van der Waals surface area (Å²) in [6.07, 6.45) is 0.532. The molecular formula is C16H22N4O2. The fourth-order valence-corrected chi connectivity index (χ4v) is 2.97. The second-order valence-corrected chi connectivity index (χ2v) is 5.88. The van der Waals surface area contributed by atoms with Gasteiger partial charge < -0.3 is 10.1 Å².